The highest BCUT2D eigenvalue weighted by atomic mass is 19.1. The Balaban J connectivity index is 2.28. The number of anilines is 1. The smallest absolute Gasteiger partial charge is 0.339 e. The van der Waals surface area contributed by atoms with E-state index in [1.54, 1.807) is 0 Å². The summed E-state index contributed by atoms with van der Waals surface area (Å²) in [7, 11) is 0. The number of hydrogen-bond donors (Lipinski definition) is 3. The number of aromatic hydroxyl groups is 1. The Bertz CT molecular complexity index is 704. The lowest BCUT2D eigenvalue weighted by Gasteiger charge is -2.10. The Morgan fingerprint density at radius 2 is 1.90 bits per heavy atom. The van der Waals surface area contributed by atoms with Gasteiger partial charge >= 0.3 is 5.97 Å². The summed E-state index contributed by atoms with van der Waals surface area (Å²) >= 11 is 0. The average molecular weight is 289 g/mol. The van der Waals surface area contributed by atoms with E-state index < -0.39 is 23.4 Å². The van der Waals surface area contributed by atoms with Gasteiger partial charge in [-0.2, -0.15) is 0 Å². The normalized spacial score (nSPS) is 10.2. The number of benzene rings is 2. The molecular formula is C15H12FNO4. The fourth-order valence-electron chi connectivity index (χ4n) is 1.95. The lowest BCUT2D eigenvalue weighted by Crippen LogP contribution is -2.12. The van der Waals surface area contributed by atoms with Crippen molar-refractivity contribution in [3.8, 4) is 5.75 Å². The van der Waals surface area contributed by atoms with Crippen LogP contribution in [0.1, 0.15) is 26.3 Å². The Morgan fingerprint density at radius 1 is 1.19 bits per heavy atom. The molecule has 0 aliphatic carbocycles. The zero-order chi connectivity index (χ0) is 15.6. The first-order valence-electron chi connectivity index (χ1n) is 6.02. The molecule has 21 heavy (non-hydrogen) atoms. The number of carboxylic acid groups (broad SMARTS) is 1. The lowest BCUT2D eigenvalue weighted by atomic mass is 10.1. The molecule has 0 bridgehead atoms. The van der Waals surface area contributed by atoms with Gasteiger partial charge < -0.3 is 15.5 Å². The molecule has 0 fully saturated rings. The zero-order valence-corrected chi connectivity index (χ0v) is 11.1. The van der Waals surface area contributed by atoms with Crippen LogP contribution in [-0.4, -0.2) is 22.1 Å². The molecule has 0 aliphatic rings. The zero-order valence-electron chi connectivity index (χ0n) is 11.1. The van der Waals surface area contributed by atoms with Crippen molar-refractivity contribution in [2.75, 3.05) is 5.32 Å². The van der Waals surface area contributed by atoms with Gasteiger partial charge in [-0.1, -0.05) is 6.07 Å². The summed E-state index contributed by atoms with van der Waals surface area (Å²) in [6.07, 6.45) is 0. The molecule has 0 saturated heterocycles. The van der Waals surface area contributed by atoms with Crippen LogP contribution in [0.2, 0.25) is 0 Å². The van der Waals surface area contributed by atoms with Gasteiger partial charge in [0.2, 0.25) is 0 Å². The standard InChI is InChI=1S/C15H12FNO4/c1-8-5-11(7-12(18)13(8)15(20)21)17-14(19)9-3-2-4-10(16)6-9/h2-7,18H,1H3,(H,17,19)(H,20,21). The van der Waals surface area contributed by atoms with E-state index in [1.807, 2.05) is 0 Å². The summed E-state index contributed by atoms with van der Waals surface area (Å²) in [4.78, 5) is 22.9. The van der Waals surface area contributed by atoms with Crippen LogP contribution in [0, 0.1) is 12.7 Å². The van der Waals surface area contributed by atoms with Gasteiger partial charge in [0.1, 0.15) is 17.1 Å². The summed E-state index contributed by atoms with van der Waals surface area (Å²) in [5, 5.41) is 21.1. The van der Waals surface area contributed by atoms with E-state index in [-0.39, 0.29) is 16.8 Å². The van der Waals surface area contributed by atoms with Gasteiger partial charge in [0.05, 0.1) is 0 Å². The fourth-order valence-corrected chi connectivity index (χ4v) is 1.95. The van der Waals surface area contributed by atoms with E-state index in [1.165, 1.54) is 31.2 Å². The molecule has 0 unspecified atom stereocenters. The molecule has 2 aromatic carbocycles. The van der Waals surface area contributed by atoms with Crippen molar-refractivity contribution >= 4 is 17.6 Å². The van der Waals surface area contributed by atoms with Gasteiger partial charge in [0, 0.05) is 17.3 Å². The first-order chi connectivity index (χ1) is 9.88. The van der Waals surface area contributed by atoms with Crippen LogP contribution in [0.4, 0.5) is 10.1 Å². The molecule has 108 valence electrons. The topological polar surface area (TPSA) is 86.6 Å². The monoisotopic (exact) mass is 289 g/mol. The summed E-state index contributed by atoms with van der Waals surface area (Å²) in [5.41, 5.74) is 0.425. The molecule has 2 rings (SSSR count). The number of aryl methyl sites for hydroxylation is 1. The van der Waals surface area contributed by atoms with Crippen molar-refractivity contribution in [3.63, 3.8) is 0 Å². The predicted molar refractivity (Wildman–Crippen MR) is 74.2 cm³/mol. The number of halogens is 1. The van der Waals surface area contributed by atoms with Gasteiger partial charge in [-0.3, -0.25) is 4.79 Å². The van der Waals surface area contributed by atoms with E-state index in [0.29, 0.717) is 5.56 Å². The second-order valence-corrected chi connectivity index (χ2v) is 4.46. The molecule has 6 heteroatoms. The highest BCUT2D eigenvalue weighted by Gasteiger charge is 2.15. The van der Waals surface area contributed by atoms with Crippen LogP contribution < -0.4 is 5.32 Å². The third-order valence-corrected chi connectivity index (χ3v) is 2.87. The van der Waals surface area contributed by atoms with E-state index in [9.17, 15) is 19.1 Å². The van der Waals surface area contributed by atoms with Gasteiger partial charge in [0.25, 0.3) is 5.91 Å². The molecule has 5 nitrogen and oxygen atoms in total. The number of rotatable bonds is 3. The highest BCUT2D eigenvalue weighted by Crippen LogP contribution is 2.26. The second kappa shape index (κ2) is 5.62. The number of phenols is 1. The number of carbonyl (C=O) groups is 2. The van der Waals surface area contributed by atoms with Crippen LogP contribution in [0.25, 0.3) is 0 Å². The van der Waals surface area contributed by atoms with Crippen LogP contribution in [0.3, 0.4) is 0 Å². The quantitative estimate of drug-likeness (QED) is 0.811. The molecule has 0 aromatic heterocycles. The molecule has 3 N–H and O–H groups in total. The van der Waals surface area contributed by atoms with Crippen molar-refractivity contribution in [2.24, 2.45) is 0 Å². The maximum absolute atomic E-state index is 13.1. The van der Waals surface area contributed by atoms with Gasteiger partial charge in [-0.15, -0.1) is 0 Å². The van der Waals surface area contributed by atoms with Crippen molar-refractivity contribution in [1.29, 1.82) is 0 Å². The predicted octanol–water partition coefficient (Wildman–Crippen LogP) is 2.79. The highest BCUT2D eigenvalue weighted by molar-refractivity contribution is 6.05. The second-order valence-electron chi connectivity index (χ2n) is 4.46. The minimum atomic E-state index is -1.26. The summed E-state index contributed by atoms with van der Waals surface area (Å²) in [6.45, 7) is 1.50. The third kappa shape index (κ3) is 3.17. The molecule has 0 radical (unpaired) electrons. The minimum Gasteiger partial charge on any atom is -0.507 e. The maximum Gasteiger partial charge on any atom is 0.339 e. The van der Waals surface area contributed by atoms with E-state index in [2.05, 4.69) is 5.32 Å². The first-order valence-corrected chi connectivity index (χ1v) is 6.02. The Labute approximate surface area is 119 Å². The number of nitrogens with one attached hydrogen (secondary N) is 1. The number of hydrogen-bond acceptors (Lipinski definition) is 3. The summed E-state index contributed by atoms with van der Waals surface area (Å²) in [5.74, 6) is -2.80. The number of carboxylic acids is 1. The van der Waals surface area contributed by atoms with Crippen LogP contribution >= 0.6 is 0 Å². The summed E-state index contributed by atoms with van der Waals surface area (Å²) < 4.78 is 13.1. The largest absolute Gasteiger partial charge is 0.507 e. The molecule has 0 heterocycles. The molecular weight excluding hydrogens is 277 g/mol. The van der Waals surface area contributed by atoms with E-state index in [4.69, 9.17) is 5.11 Å². The van der Waals surface area contributed by atoms with Gasteiger partial charge in [-0.25, -0.2) is 9.18 Å². The number of amides is 1. The van der Waals surface area contributed by atoms with E-state index >= 15 is 0 Å². The molecule has 0 saturated carbocycles. The summed E-state index contributed by atoms with van der Waals surface area (Å²) in [6, 6.07) is 7.69. The number of aromatic carboxylic acids is 1. The first kappa shape index (κ1) is 14.5. The average Bonchev–Trinajstić information content (AvgIpc) is 2.37. The molecule has 0 spiro atoms. The van der Waals surface area contributed by atoms with Crippen LogP contribution in [0.15, 0.2) is 36.4 Å². The maximum atomic E-state index is 13.1. The molecule has 0 atom stereocenters. The van der Waals surface area contributed by atoms with Crippen molar-refractivity contribution in [2.45, 2.75) is 6.92 Å². The van der Waals surface area contributed by atoms with Crippen molar-refractivity contribution in [1.82, 2.24) is 0 Å². The molecule has 0 aliphatic heterocycles. The number of carbonyl (C=O) groups excluding carboxylic acids is 1. The molecule has 1 amide bonds. The van der Waals surface area contributed by atoms with Crippen molar-refractivity contribution < 1.29 is 24.2 Å². The van der Waals surface area contributed by atoms with Gasteiger partial charge in [0.15, 0.2) is 0 Å². The third-order valence-electron chi connectivity index (χ3n) is 2.87. The van der Waals surface area contributed by atoms with Crippen LogP contribution in [-0.2, 0) is 0 Å². The Kier molecular flexibility index (Phi) is 3.89. The minimum absolute atomic E-state index is 0.120. The van der Waals surface area contributed by atoms with Crippen LogP contribution in [0.5, 0.6) is 5.75 Å². The Morgan fingerprint density at radius 3 is 2.48 bits per heavy atom. The Hall–Kier alpha value is -2.89. The SMILES string of the molecule is Cc1cc(NC(=O)c2cccc(F)c2)cc(O)c1C(=O)O. The lowest BCUT2D eigenvalue weighted by molar-refractivity contribution is 0.0693. The van der Waals surface area contributed by atoms with E-state index in [0.717, 1.165) is 12.1 Å². The fraction of sp³-hybridized carbons (Fsp3) is 0.0667. The van der Waals surface area contributed by atoms with Gasteiger partial charge in [-0.05, 0) is 36.8 Å². The van der Waals surface area contributed by atoms with Crippen molar-refractivity contribution in [3.05, 3.63) is 58.9 Å². The molecule has 2 aromatic rings.